The number of nitrogens with one attached hydrogen (secondary N) is 1. The van der Waals surface area contributed by atoms with Crippen LogP contribution >= 0.6 is 15.9 Å². The van der Waals surface area contributed by atoms with Gasteiger partial charge in [-0.25, -0.2) is 12.8 Å². The highest BCUT2D eigenvalue weighted by Gasteiger charge is 2.22. The van der Waals surface area contributed by atoms with Crippen LogP contribution in [-0.4, -0.2) is 27.4 Å². The van der Waals surface area contributed by atoms with Gasteiger partial charge in [-0.05, 0) is 30.9 Å². The predicted octanol–water partition coefficient (Wildman–Crippen LogP) is 2.63. The Labute approximate surface area is 131 Å². The van der Waals surface area contributed by atoms with Gasteiger partial charge in [-0.1, -0.05) is 15.9 Å². The molecule has 1 aromatic rings. The molecule has 2 rings (SSSR count). The summed E-state index contributed by atoms with van der Waals surface area (Å²) < 4.78 is 45.3. The summed E-state index contributed by atoms with van der Waals surface area (Å²) >= 11 is 3.05. The van der Waals surface area contributed by atoms with Crippen molar-refractivity contribution in [1.82, 2.24) is 0 Å². The summed E-state index contributed by atoms with van der Waals surface area (Å²) in [6.07, 6.45) is 2.25. The third kappa shape index (κ3) is 4.95. The number of hydrogen-bond acceptors (Lipinski definition) is 4. The molecule has 0 amide bonds. The van der Waals surface area contributed by atoms with Gasteiger partial charge in [-0.3, -0.25) is 4.72 Å². The first-order valence-corrected chi connectivity index (χ1v) is 8.83. The van der Waals surface area contributed by atoms with Gasteiger partial charge in [-0.2, -0.15) is 5.26 Å². The number of halogens is 2. The van der Waals surface area contributed by atoms with E-state index in [4.69, 9.17) is 10.00 Å². The second-order valence-electron chi connectivity index (χ2n) is 4.86. The van der Waals surface area contributed by atoms with Gasteiger partial charge < -0.3 is 4.74 Å². The summed E-state index contributed by atoms with van der Waals surface area (Å²) in [6.45, 7) is 0.609. The zero-order valence-electron chi connectivity index (χ0n) is 11.1. The van der Waals surface area contributed by atoms with Crippen LogP contribution in [0.1, 0.15) is 18.4 Å². The van der Waals surface area contributed by atoms with Crippen molar-refractivity contribution in [3.8, 4) is 6.07 Å². The molecule has 0 aromatic heterocycles. The quantitative estimate of drug-likeness (QED) is 0.741. The van der Waals surface area contributed by atoms with Crippen molar-refractivity contribution in [1.29, 1.82) is 5.26 Å². The number of benzene rings is 1. The standard InChI is InChI=1S/C13H14BrFN2O3S/c14-11-5-10(7-16)13(12(15)6-11)17-21(18,19)4-3-20-8-9-1-2-9/h5-6,9,17H,1-4,8H2. The summed E-state index contributed by atoms with van der Waals surface area (Å²) in [4.78, 5) is 0. The number of rotatable bonds is 7. The molecule has 1 aliphatic carbocycles. The lowest BCUT2D eigenvalue weighted by atomic mass is 10.2. The molecular formula is C13H14BrFN2O3S. The van der Waals surface area contributed by atoms with E-state index in [9.17, 15) is 12.8 Å². The Bertz CT molecular complexity index is 669. The number of ether oxygens (including phenoxy) is 1. The molecule has 0 radical (unpaired) electrons. The van der Waals surface area contributed by atoms with Crippen molar-refractivity contribution in [2.75, 3.05) is 23.7 Å². The lowest BCUT2D eigenvalue weighted by Crippen LogP contribution is -2.21. The van der Waals surface area contributed by atoms with Gasteiger partial charge >= 0.3 is 0 Å². The fourth-order valence-corrected chi connectivity index (χ4v) is 3.06. The van der Waals surface area contributed by atoms with Crippen LogP contribution in [0.25, 0.3) is 0 Å². The minimum atomic E-state index is -3.76. The fraction of sp³-hybridized carbons (Fsp3) is 0.462. The number of nitriles is 1. The lowest BCUT2D eigenvalue weighted by Gasteiger charge is -2.11. The van der Waals surface area contributed by atoms with Crippen LogP contribution < -0.4 is 4.72 Å². The summed E-state index contributed by atoms with van der Waals surface area (Å²) in [6, 6.07) is 4.21. The van der Waals surface area contributed by atoms with Crippen LogP contribution in [0.4, 0.5) is 10.1 Å². The number of sulfonamides is 1. The highest BCUT2D eigenvalue weighted by atomic mass is 79.9. The van der Waals surface area contributed by atoms with E-state index < -0.39 is 15.8 Å². The van der Waals surface area contributed by atoms with Gasteiger partial charge in [-0.15, -0.1) is 0 Å². The van der Waals surface area contributed by atoms with Gasteiger partial charge in [0, 0.05) is 11.1 Å². The van der Waals surface area contributed by atoms with Crippen LogP contribution in [0.5, 0.6) is 0 Å². The number of nitrogens with zero attached hydrogens (tertiary/aromatic N) is 1. The van der Waals surface area contributed by atoms with Gasteiger partial charge in [0.05, 0.1) is 17.9 Å². The van der Waals surface area contributed by atoms with Gasteiger partial charge in [0.2, 0.25) is 10.0 Å². The largest absolute Gasteiger partial charge is 0.380 e. The maximum absolute atomic E-state index is 13.8. The monoisotopic (exact) mass is 376 g/mol. The first-order valence-electron chi connectivity index (χ1n) is 6.38. The summed E-state index contributed by atoms with van der Waals surface area (Å²) in [7, 11) is -3.76. The van der Waals surface area contributed by atoms with Crippen molar-refractivity contribution in [2.45, 2.75) is 12.8 Å². The van der Waals surface area contributed by atoms with E-state index in [0.29, 0.717) is 17.0 Å². The minimum absolute atomic E-state index is 0.0475. The third-order valence-corrected chi connectivity index (χ3v) is 4.66. The Morgan fingerprint density at radius 1 is 1.48 bits per heavy atom. The molecule has 5 nitrogen and oxygen atoms in total. The Morgan fingerprint density at radius 2 is 2.19 bits per heavy atom. The molecule has 0 aliphatic heterocycles. The Balaban J connectivity index is 2.00. The highest BCUT2D eigenvalue weighted by molar-refractivity contribution is 9.10. The lowest BCUT2D eigenvalue weighted by molar-refractivity contribution is 0.138. The molecule has 0 bridgehead atoms. The van der Waals surface area contributed by atoms with E-state index >= 15 is 0 Å². The number of anilines is 1. The van der Waals surface area contributed by atoms with E-state index in [1.54, 1.807) is 6.07 Å². The molecule has 1 saturated carbocycles. The van der Waals surface area contributed by atoms with Crippen LogP contribution in [0.2, 0.25) is 0 Å². The van der Waals surface area contributed by atoms with E-state index in [1.807, 2.05) is 0 Å². The normalized spacial score (nSPS) is 14.7. The molecule has 1 fully saturated rings. The number of hydrogen-bond donors (Lipinski definition) is 1. The molecule has 0 atom stereocenters. The van der Waals surface area contributed by atoms with Crippen LogP contribution in [0, 0.1) is 23.1 Å². The van der Waals surface area contributed by atoms with Gasteiger partial charge in [0.25, 0.3) is 0 Å². The zero-order chi connectivity index (χ0) is 15.5. The van der Waals surface area contributed by atoms with Crippen molar-refractivity contribution in [3.05, 3.63) is 28.0 Å². The Kier molecular flexibility index (Phi) is 5.19. The van der Waals surface area contributed by atoms with Crippen molar-refractivity contribution in [3.63, 3.8) is 0 Å². The van der Waals surface area contributed by atoms with Crippen molar-refractivity contribution < 1.29 is 17.5 Å². The molecule has 114 valence electrons. The van der Waals surface area contributed by atoms with E-state index in [2.05, 4.69) is 20.7 Å². The van der Waals surface area contributed by atoms with Crippen LogP contribution in [0.3, 0.4) is 0 Å². The molecular weight excluding hydrogens is 363 g/mol. The van der Waals surface area contributed by atoms with E-state index in [0.717, 1.165) is 18.9 Å². The summed E-state index contributed by atoms with van der Waals surface area (Å²) in [5.41, 5.74) is -0.410. The SMILES string of the molecule is N#Cc1cc(Br)cc(F)c1NS(=O)(=O)CCOCC1CC1. The smallest absolute Gasteiger partial charge is 0.235 e. The molecule has 1 aliphatic rings. The summed E-state index contributed by atoms with van der Waals surface area (Å²) in [5.74, 6) is -0.529. The molecule has 1 N–H and O–H groups in total. The first kappa shape index (κ1) is 16.2. The molecule has 1 aromatic carbocycles. The second kappa shape index (κ2) is 6.73. The first-order chi connectivity index (χ1) is 9.91. The highest BCUT2D eigenvalue weighted by Crippen LogP contribution is 2.29. The molecule has 0 heterocycles. The average molecular weight is 377 g/mol. The Hall–Kier alpha value is -1.17. The van der Waals surface area contributed by atoms with E-state index in [1.165, 1.54) is 6.07 Å². The predicted molar refractivity (Wildman–Crippen MR) is 79.8 cm³/mol. The molecule has 8 heteroatoms. The fourth-order valence-electron chi connectivity index (χ4n) is 1.68. The second-order valence-corrected chi connectivity index (χ2v) is 7.62. The molecule has 0 saturated heterocycles. The van der Waals surface area contributed by atoms with Crippen molar-refractivity contribution in [2.24, 2.45) is 5.92 Å². The van der Waals surface area contributed by atoms with Crippen LogP contribution in [-0.2, 0) is 14.8 Å². The van der Waals surface area contributed by atoms with Gasteiger partial charge in [0.15, 0.2) is 0 Å². The third-order valence-electron chi connectivity index (χ3n) is 2.98. The minimum Gasteiger partial charge on any atom is -0.380 e. The Morgan fingerprint density at radius 3 is 2.81 bits per heavy atom. The molecule has 21 heavy (non-hydrogen) atoms. The topological polar surface area (TPSA) is 79.2 Å². The maximum Gasteiger partial charge on any atom is 0.235 e. The molecule has 0 unspecified atom stereocenters. The molecule has 0 spiro atoms. The average Bonchev–Trinajstić information content (AvgIpc) is 3.21. The zero-order valence-corrected chi connectivity index (χ0v) is 13.5. The maximum atomic E-state index is 13.8. The van der Waals surface area contributed by atoms with Gasteiger partial charge in [0.1, 0.15) is 17.6 Å². The summed E-state index contributed by atoms with van der Waals surface area (Å²) in [5, 5.41) is 8.95. The van der Waals surface area contributed by atoms with E-state index in [-0.39, 0.29) is 23.6 Å². The van der Waals surface area contributed by atoms with Crippen LogP contribution in [0.15, 0.2) is 16.6 Å². The van der Waals surface area contributed by atoms with Crippen molar-refractivity contribution >= 4 is 31.6 Å².